The van der Waals surface area contributed by atoms with Crippen molar-refractivity contribution in [2.24, 2.45) is 0 Å². The average Bonchev–Trinajstić information content (AvgIpc) is 2.39. The fourth-order valence-electron chi connectivity index (χ4n) is 2.08. The van der Waals surface area contributed by atoms with Gasteiger partial charge in [0.05, 0.1) is 13.2 Å². The number of carbonyl (C=O) groups excluding carboxylic acids is 1. The molecule has 0 saturated carbocycles. The van der Waals surface area contributed by atoms with Crippen LogP contribution in [0.2, 0.25) is 0 Å². The van der Waals surface area contributed by atoms with Crippen LogP contribution in [0.15, 0.2) is 24.3 Å². The number of carbonyl (C=O) groups is 1. The molecule has 5 heteroatoms. The summed E-state index contributed by atoms with van der Waals surface area (Å²) in [7, 11) is 4.04. The van der Waals surface area contributed by atoms with E-state index < -0.39 is 0 Å². The molecule has 1 aliphatic heterocycles. The lowest BCUT2D eigenvalue weighted by Crippen LogP contribution is -2.48. The number of ether oxygens (including phenoxy) is 1. The van der Waals surface area contributed by atoms with Crippen LogP contribution in [0.3, 0.4) is 0 Å². The van der Waals surface area contributed by atoms with E-state index in [4.69, 9.17) is 4.74 Å². The van der Waals surface area contributed by atoms with Crippen molar-refractivity contribution < 1.29 is 9.53 Å². The first-order chi connectivity index (χ1) is 9.15. The van der Waals surface area contributed by atoms with Crippen molar-refractivity contribution in [3.63, 3.8) is 0 Å². The highest BCUT2D eigenvalue weighted by molar-refractivity contribution is 5.95. The molecule has 104 valence electrons. The van der Waals surface area contributed by atoms with Crippen molar-refractivity contribution in [2.75, 3.05) is 39.2 Å². The molecule has 1 aromatic rings. The minimum Gasteiger partial charge on any atom is -0.378 e. The molecule has 1 heterocycles. The Morgan fingerprint density at radius 1 is 1.53 bits per heavy atom. The van der Waals surface area contributed by atoms with Gasteiger partial charge in [-0.1, -0.05) is 12.1 Å². The van der Waals surface area contributed by atoms with Crippen LogP contribution >= 0.6 is 0 Å². The Kier molecular flexibility index (Phi) is 4.90. The lowest BCUT2D eigenvalue weighted by Gasteiger charge is -2.23. The maximum absolute atomic E-state index is 12.0. The summed E-state index contributed by atoms with van der Waals surface area (Å²) in [5, 5.41) is 6.07. The van der Waals surface area contributed by atoms with E-state index in [1.54, 1.807) is 0 Å². The second kappa shape index (κ2) is 6.65. The summed E-state index contributed by atoms with van der Waals surface area (Å²) in [5.41, 5.74) is 2.01. The molecule has 2 N–H and O–H groups in total. The Bertz CT molecular complexity index is 428. The van der Waals surface area contributed by atoms with Crippen molar-refractivity contribution >= 4 is 11.6 Å². The molecule has 1 unspecified atom stereocenters. The second-order valence-electron chi connectivity index (χ2n) is 5.01. The van der Waals surface area contributed by atoms with Crippen molar-refractivity contribution in [3.05, 3.63) is 29.8 Å². The van der Waals surface area contributed by atoms with Gasteiger partial charge in [0.25, 0.3) is 0 Å². The smallest absolute Gasteiger partial charge is 0.243 e. The molecule has 0 aromatic heterocycles. The standard InChI is InChI=1S/C14H21N3O2/c1-17(2)9-11-4-3-5-12(8-11)16-14(18)13-10-19-7-6-15-13/h3-5,8,13,15H,6-7,9-10H2,1-2H3,(H,16,18). The van der Waals surface area contributed by atoms with Crippen LogP contribution in [0.5, 0.6) is 0 Å². The normalized spacial score (nSPS) is 19.4. The molecular weight excluding hydrogens is 242 g/mol. The number of hydrogen-bond acceptors (Lipinski definition) is 4. The van der Waals surface area contributed by atoms with Gasteiger partial charge in [0, 0.05) is 18.8 Å². The van der Waals surface area contributed by atoms with Crippen LogP contribution in [-0.4, -0.2) is 50.7 Å². The zero-order valence-corrected chi connectivity index (χ0v) is 11.5. The second-order valence-corrected chi connectivity index (χ2v) is 5.01. The van der Waals surface area contributed by atoms with E-state index in [1.165, 1.54) is 5.56 Å². The van der Waals surface area contributed by atoms with Crippen LogP contribution in [0.1, 0.15) is 5.56 Å². The Labute approximate surface area is 113 Å². The predicted octanol–water partition coefficient (Wildman–Crippen LogP) is 0.675. The highest BCUT2D eigenvalue weighted by atomic mass is 16.5. The van der Waals surface area contributed by atoms with Gasteiger partial charge < -0.3 is 20.3 Å². The SMILES string of the molecule is CN(C)Cc1cccc(NC(=O)C2COCCN2)c1. The van der Waals surface area contributed by atoms with Crippen LogP contribution in [0.25, 0.3) is 0 Å². The third-order valence-corrected chi connectivity index (χ3v) is 2.93. The van der Waals surface area contributed by atoms with Gasteiger partial charge in [0.1, 0.15) is 6.04 Å². The van der Waals surface area contributed by atoms with Crippen molar-refractivity contribution in [2.45, 2.75) is 12.6 Å². The maximum atomic E-state index is 12.0. The number of amides is 1. The quantitative estimate of drug-likeness (QED) is 0.838. The third kappa shape index (κ3) is 4.31. The fraction of sp³-hybridized carbons (Fsp3) is 0.500. The molecule has 19 heavy (non-hydrogen) atoms. The number of hydrogen-bond donors (Lipinski definition) is 2. The minimum atomic E-state index is -0.258. The Morgan fingerprint density at radius 3 is 3.05 bits per heavy atom. The molecule has 5 nitrogen and oxygen atoms in total. The number of morpholine rings is 1. The number of nitrogens with one attached hydrogen (secondary N) is 2. The van der Waals surface area contributed by atoms with Crippen LogP contribution in [0, 0.1) is 0 Å². The van der Waals surface area contributed by atoms with Gasteiger partial charge in [-0.2, -0.15) is 0 Å². The van der Waals surface area contributed by atoms with E-state index in [0.29, 0.717) is 13.2 Å². The molecule has 1 saturated heterocycles. The van der Waals surface area contributed by atoms with Crippen molar-refractivity contribution in [3.8, 4) is 0 Å². The van der Waals surface area contributed by atoms with Gasteiger partial charge in [-0.15, -0.1) is 0 Å². The zero-order valence-electron chi connectivity index (χ0n) is 11.5. The summed E-state index contributed by atoms with van der Waals surface area (Å²) in [6.07, 6.45) is 0. The van der Waals surface area contributed by atoms with Gasteiger partial charge in [-0.25, -0.2) is 0 Å². The monoisotopic (exact) mass is 263 g/mol. The van der Waals surface area contributed by atoms with Gasteiger partial charge >= 0.3 is 0 Å². The summed E-state index contributed by atoms with van der Waals surface area (Å²) < 4.78 is 5.29. The van der Waals surface area contributed by atoms with Gasteiger partial charge in [0.2, 0.25) is 5.91 Å². The Morgan fingerprint density at radius 2 is 2.37 bits per heavy atom. The van der Waals surface area contributed by atoms with E-state index in [9.17, 15) is 4.79 Å². The number of rotatable bonds is 4. The molecule has 0 spiro atoms. The van der Waals surface area contributed by atoms with Crippen LogP contribution in [-0.2, 0) is 16.1 Å². The summed E-state index contributed by atoms with van der Waals surface area (Å²) in [5.74, 6) is -0.0401. The first-order valence-electron chi connectivity index (χ1n) is 6.51. The molecule has 0 bridgehead atoms. The summed E-state index contributed by atoms with van der Waals surface area (Å²) in [6, 6.07) is 7.66. The molecule has 0 radical (unpaired) electrons. The van der Waals surface area contributed by atoms with E-state index in [2.05, 4.69) is 21.6 Å². The van der Waals surface area contributed by atoms with E-state index >= 15 is 0 Å². The molecule has 1 amide bonds. The highest BCUT2D eigenvalue weighted by Crippen LogP contribution is 2.12. The minimum absolute atomic E-state index is 0.0401. The van der Waals surface area contributed by atoms with E-state index in [1.807, 2.05) is 32.3 Å². The molecule has 1 aromatic carbocycles. The third-order valence-electron chi connectivity index (χ3n) is 2.93. The first-order valence-corrected chi connectivity index (χ1v) is 6.51. The molecular formula is C14H21N3O2. The molecule has 0 aliphatic carbocycles. The van der Waals surface area contributed by atoms with Gasteiger partial charge in [0.15, 0.2) is 0 Å². The Balaban J connectivity index is 1.96. The van der Waals surface area contributed by atoms with E-state index in [0.717, 1.165) is 18.8 Å². The van der Waals surface area contributed by atoms with Crippen LogP contribution in [0.4, 0.5) is 5.69 Å². The molecule has 1 aliphatic rings. The summed E-state index contributed by atoms with van der Waals surface area (Å²) in [4.78, 5) is 14.1. The molecule has 1 fully saturated rings. The number of anilines is 1. The molecule has 2 rings (SSSR count). The topological polar surface area (TPSA) is 53.6 Å². The lowest BCUT2D eigenvalue weighted by molar-refractivity contribution is -0.120. The fourth-order valence-corrected chi connectivity index (χ4v) is 2.08. The van der Waals surface area contributed by atoms with Crippen molar-refractivity contribution in [1.29, 1.82) is 0 Å². The van der Waals surface area contributed by atoms with Crippen molar-refractivity contribution in [1.82, 2.24) is 10.2 Å². The largest absolute Gasteiger partial charge is 0.378 e. The Hall–Kier alpha value is -1.43. The lowest BCUT2D eigenvalue weighted by atomic mass is 10.2. The van der Waals surface area contributed by atoms with Gasteiger partial charge in [-0.3, -0.25) is 4.79 Å². The first kappa shape index (κ1) is 14.0. The maximum Gasteiger partial charge on any atom is 0.243 e. The van der Waals surface area contributed by atoms with Crippen LogP contribution < -0.4 is 10.6 Å². The summed E-state index contributed by atoms with van der Waals surface area (Å²) in [6.45, 7) is 2.68. The number of nitrogens with zero attached hydrogens (tertiary/aromatic N) is 1. The summed E-state index contributed by atoms with van der Waals surface area (Å²) >= 11 is 0. The molecule has 1 atom stereocenters. The zero-order chi connectivity index (χ0) is 13.7. The van der Waals surface area contributed by atoms with Gasteiger partial charge in [-0.05, 0) is 31.8 Å². The average molecular weight is 263 g/mol. The van der Waals surface area contributed by atoms with E-state index in [-0.39, 0.29) is 11.9 Å². The predicted molar refractivity (Wildman–Crippen MR) is 75.1 cm³/mol. The highest BCUT2D eigenvalue weighted by Gasteiger charge is 2.21. The number of benzene rings is 1.